The molecule has 7 heteroatoms. The molecule has 104 valence electrons. The molecule has 1 aliphatic rings. The Morgan fingerprint density at radius 2 is 1.84 bits per heavy atom. The van der Waals surface area contributed by atoms with Crippen LogP contribution in [0.2, 0.25) is 0 Å². The molecule has 2 heterocycles. The number of rotatable bonds is 2. The SMILES string of the molecule is COC(=O)c1scc(B2OC(C)(C)C(C)(C)O2)c1F. The van der Waals surface area contributed by atoms with Gasteiger partial charge in [-0.25, -0.2) is 9.18 Å². The Kier molecular flexibility index (Phi) is 3.49. The van der Waals surface area contributed by atoms with E-state index in [9.17, 15) is 9.18 Å². The monoisotopic (exact) mass is 286 g/mol. The van der Waals surface area contributed by atoms with Gasteiger partial charge in [-0.3, -0.25) is 0 Å². The number of hydrogen-bond donors (Lipinski definition) is 0. The average Bonchev–Trinajstić information content (AvgIpc) is 2.77. The summed E-state index contributed by atoms with van der Waals surface area (Å²) in [5, 5.41) is 1.53. The standard InChI is InChI=1S/C12H16BFO4S/c1-11(2)12(3,4)18-13(17-11)7-6-19-9(8(7)14)10(15)16-5/h6H,1-5H3. The highest BCUT2D eigenvalue weighted by Gasteiger charge is 2.53. The minimum Gasteiger partial charge on any atom is -0.465 e. The van der Waals surface area contributed by atoms with E-state index in [-0.39, 0.29) is 10.3 Å². The predicted octanol–water partition coefficient (Wildman–Crippen LogP) is 1.97. The molecule has 1 fully saturated rings. The number of methoxy groups -OCH3 is 1. The molecule has 0 amide bonds. The number of thiophene rings is 1. The topological polar surface area (TPSA) is 44.8 Å². The molecule has 0 unspecified atom stereocenters. The van der Waals surface area contributed by atoms with Gasteiger partial charge in [-0.05, 0) is 33.1 Å². The molecule has 0 bridgehead atoms. The predicted molar refractivity (Wildman–Crippen MR) is 71.3 cm³/mol. The summed E-state index contributed by atoms with van der Waals surface area (Å²) in [7, 11) is 0.412. The summed E-state index contributed by atoms with van der Waals surface area (Å²) in [6.45, 7) is 7.55. The van der Waals surface area contributed by atoms with Gasteiger partial charge in [0.15, 0.2) is 0 Å². The van der Waals surface area contributed by atoms with Gasteiger partial charge >= 0.3 is 13.1 Å². The maximum absolute atomic E-state index is 14.2. The fraction of sp³-hybridized carbons (Fsp3) is 0.583. The second-order valence-corrected chi connectivity index (χ2v) is 6.29. The highest BCUT2D eigenvalue weighted by molar-refractivity contribution is 7.13. The van der Waals surface area contributed by atoms with Crippen LogP contribution in [0.25, 0.3) is 0 Å². The van der Waals surface area contributed by atoms with Crippen molar-refractivity contribution in [2.45, 2.75) is 38.9 Å². The molecule has 1 aromatic rings. The first kappa shape index (κ1) is 14.5. The quantitative estimate of drug-likeness (QED) is 0.616. The van der Waals surface area contributed by atoms with Crippen LogP contribution in [0.4, 0.5) is 4.39 Å². The van der Waals surface area contributed by atoms with Crippen LogP contribution in [0, 0.1) is 5.82 Å². The smallest absolute Gasteiger partial charge is 0.465 e. The molecule has 0 radical (unpaired) electrons. The van der Waals surface area contributed by atoms with Crippen LogP contribution in [-0.4, -0.2) is 31.4 Å². The van der Waals surface area contributed by atoms with Crippen LogP contribution < -0.4 is 5.46 Å². The minimum absolute atomic E-state index is 0.0628. The zero-order valence-electron chi connectivity index (χ0n) is 11.6. The van der Waals surface area contributed by atoms with Crippen molar-refractivity contribution in [3.05, 3.63) is 16.1 Å². The Labute approximate surface area is 116 Å². The maximum Gasteiger partial charge on any atom is 0.498 e. The van der Waals surface area contributed by atoms with Crippen LogP contribution in [0.15, 0.2) is 5.38 Å². The third kappa shape index (κ3) is 2.30. The lowest BCUT2D eigenvalue weighted by Gasteiger charge is -2.32. The number of ether oxygens (including phenoxy) is 1. The number of halogens is 1. The van der Waals surface area contributed by atoms with E-state index >= 15 is 0 Å². The molecule has 19 heavy (non-hydrogen) atoms. The van der Waals surface area contributed by atoms with Crippen molar-refractivity contribution in [3.63, 3.8) is 0 Å². The largest absolute Gasteiger partial charge is 0.498 e. The van der Waals surface area contributed by atoms with Gasteiger partial charge in [0.25, 0.3) is 0 Å². The first-order valence-corrected chi connectivity index (χ1v) is 6.78. The van der Waals surface area contributed by atoms with Crippen LogP contribution in [-0.2, 0) is 14.0 Å². The molecular formula is C12H16BFO4S. The highest BCUT2D eigenvalue weighted by Crippen LogP contribution is 2.37. The van der Waals surface area contributed by atoms with E-state index in [0.29, 0.717) is 0 Å². The summed E-state index contributed by atoms with van der Waals surface area (Å²) in [5.41, 5.74) is -0.848. The van der Waals surface area contributed by atoms with E-state index < -0.39 is 30.1 Å². The lowest BCUT2D eigenvalue weighted by Crippen LogP contribution is -2.41. The second-order valence-electron chi connectivity index (χ2n) is 5.41. The Bertz CT molecular complexity index is 496. The normalized spacial score (nSPS) is 20.6. The summed E-state index contributed by atoms with van der Waals surface area (Å²) in [6.07, 6.45) is 0. The highest BCUT2D eigenvalue weighted by atomic mass is 32.1. The second kappa shape index (κ2) is 4.57. The molecule has 1 aliphatic heterocycles. The molecular weight excluding hydrogens is 270 g/mol. The average molecular weight is 286 g/mol. The van der Waals surface area contributed by atoms with E-state index in [1.165, 1.54) is 12.5 Å². The van der Waals surface area contributed by atoms with E-state index in [1.54, 1.807) is 0 Å². The van der Waals surface area contributed by atoms with Crippen LogP contribution in [0.5, 0.6) is 0 Å². The van der Waals surface area contributed by atoms with Crippen LogP contribution >= 0.6 is 11.3 Å². The molecule has 1 saturated heterocycles. The Morgan fingerprint density at radius 1 is 1.32 bits per heavy atom. The molecule has 0 saturated carbocycles. The Balaban J connectivity index is 2.31. The molecule has 4 nitrogen and oxygen atoms in total. The fourth-order valence-corrected chi connectivity index (χ4v) is 2.58. The third-order valence-corrected chi connectivity index (χ3v) is 4.59. The van der Waals surface area contributed by atoms with Gasteiger partial charge in [0, 0.05) is 5.46 Å². The molecule has 0 aliphatic carbocycles. The molecule has 1 aromatic heterocycles. The Hall–Kier alpha value is -0.915. The number of esters is 1. The first-order chi connectivity index (χ1) is 8.69. The summed E-state index contributed by atoms with van der Waals surface area (Å²) >= 11 is 0.986. The lowest BCUT2D eigenvalue weighted by atomic mass is 9.80. The van der Waals surface area contributed by atoms with Crippen molar-refractivity contribution in [3.8, 4) is 0 Å². The number of hydrogen-bond acceptors (Lipinski definition) is 5. The summed E-state index contributed by atoms with van der Waals surface area (Å²) < 4.78 is 30.2. The summed E-state index contributed by atoms with van der Waals surface area (Å²) in [4.78, 5) is 11.3. The molecule has 0 N–H and O–H groups in total. The molecule has 0 spiro atoms. The van der Waals surface area contributed by atoms with Crippen molar-refractivity contribution in [2.24, 2.45) is 0 Å². The van der Waals surface area contributed by atoms with E-state index in [4.69, 9.17) is 9.31 Å². The van der Waals surface area contributed by atoms with E-state index in [1.807, 2.05) is 27.7 Å². The molecule has 0 aromatic carbocycles. The van der Waals surface area contributed by atoms with Crippen molar-refractivity contribution in [1.82, 2.24) is 0 Å². The zero-order valence-corrected chi connectivity index (χ0v) is 12.4. The van der Waals surface area contributed by atoms with Gasteiger partial charge in [-0.2, -0.15) is 0 Å². The third-order valence-electron chi connectivity index (χ3n) is 3.63. The zero-order chi connectivity index (χ0) is 14.4. The molecule has 0 atom stereocenters. The Morgan fingerprint density at radius 3 is 2.32 bits per heavy atom. The first-order valence-electron chi connectivity index (χ1n) is 5.90. The van der Waals surface area contributed by atoms with Crippen LogP contribution in [0.1, 0.15) is 37.4 Å². The van der Waals surface area contributed by atoms with Gasteiger partial charge in [0.05, 0.1) is 18.3 Å². The van der Waals surface area contributed by atoms with Crippen molar-refractivity contribution in [1.29, 1.82) is 0 Å². The molecule has 2 rings (SSSR count). The van der Waals surface area contributed by atoms with Crippen molar-refractivity contribution >= 4 is 29.9 Å². The van der Waals surface area contributed by atoms with E-state index in [2.05, 4.69) is 4.74 Å². The number of carbonyl (C=O) groups is 1. The summed E-state index contributed by atoms with van der Waals surface area (Å²) in [6, 6.07) is 0. The minimum atomic E-state index is -0.806. The van der Waals surface area contributed by atoms with Crippen LogP contribution in [0.3, 0.4) is 0 Å². The van der Waals surface area contributed by atoms with Gasteiger partial charge in [0.2, 0.25) is 0 Å². The van der Waals surface area contributed by atoms with E-state index in [0.717, 1.165) is 11.3 Å². The maximum atomic E-state index is 14.2. The van der Waals surface area contributed by atoms with Gasteiger partial charge < -0.3 is 14.0 Å². The number of carbonyl (C=O) groups excluding carboxylic acids is 1. The fourth-order valence-electron chi connectivity index (χ4n) is 1.72. The van der Waals surface area contributed by atoms with Gasteiger partial charge in [-0.15, -0.1) is 11.3 Å². The summed E-state index contributed by atoms with van der Waals surface area (Å²) in [5.74, 6) is -1.32. The van der Waals surface area contributed by atoms with Gasteiger partial charge in [0.1, 0.15) is 10.7 Å². The van der Waals surface area contributed by atoms with Crippen molar-refractivity contribution in [2.75, 3.05) is 7.11 Å². The van der Waals surface area contributed by atoms with Gasteiger partial charge in [-0.1, -0.05) is 0 Å². The van der Waals surface area contributed by atoms with Crippen molar-refractivity contribution < 1.29 is 23.2 Å². The lowest BCUT2D eigenvalue weighted by molar-refractivity contribution is 0.00578.